The number of rotatable bonds is 0. The Morgan fingerprint density at radius 3 is 2.79 bits per heavy atom. The van der Waals surface area contributed by atoms with Gasteiger partial charge < -0.3 is 5.32 Å². The Hall–Kier alpha value is -0.540. The highest BCUT2D eigenvalue weighted by Gasteiger charge is 2.25. The van der Waals surface area contributed by atoms with Gasteiger partial charge in [0.1, 0.15) is 0 Å². The van der Waals surface area contributed by atoms with Crippen molar-refractivity contribution in [3.63, 3.8) is 0 Å². The molecule has 0 radical (unpaired) electrons. The van der Waals surface area contributed by atoms with E-state index >= 15 is 0 Å². The quantitative estimate of drug-likeness (QED) is 0.714. The van der Waals surface area contributed by atoms with Gasteiger partial charge in [-0.25, -0.2) is 0 Å². The molecule has 0 bridgehead atoms. The largest absolute Gasteiger partial charge is 0.311 e. The number of hydrogen-bond acceptors (Lipinski definition) is 2. The van der Waals surface area contributed by atoms with Crippen molar-refractivity contribution in [1.82, 2.24) is 15.1 Å². The monoisotopic (exact) mass is 213 g/mol. The molecule has 0 spiro atoms. The first-order chi connectivity index (χ1) is 6.50. The van der Waals surface area contributed by atoms with Crippen molar-refractivity contribution in [2.75, 3.05) is 6.54 Å². The number of nitrogens with one attached hydrogen (secondary N) is 1. The molecule has 14 heavy (non-hydrogen) atoms. The first kappa shape index (κ1) is 9.99. The van der Waals surface area contributed by atoms with E-state index in [2.05, 4.69) is 31.2 Å². The standard InChI is InChI=1S/C10H16ClN3/c1-10(2,3)14-8-6-12-5-4-7(8)9(11)13-14/h12H,4-6H2,1-3H3. The van der Waals surface area contributed by atoms with E-state index in [4.69, 9.17) is 11.6 Å². The van der Waals surface area contributed by atoms with Crippen LogP contribution >= 0.6 is 11.6 Å². The third kappa shape index (κ3) is 1.55. The summed E-state index contributed by atoms with van der Waals surface area (Å²) in [6.45, 7) is 8.32. The van der Waals surface area contributed by atoms with Crippen LogP contribution in [0.5, 0.6) is 0 Å². The van der Waals surface area contributed by atoms with Crippen LogP contribution < -0.4 is 5.32 Å². The Balaban J connectivity index is 2.52. The van der Waals surface area contributed by atoms with Crippen LogP contribution in [0.3, 0.4) is 0 Å². The molecule has 78 valence electrons. The third-order valence-corrected chi connectivity index (χ3v) is 2.82. The molecule has 0 aromatic carbocycles. The van der Waals surface area contributed by atoms with Crippen molar-refractivity contribution in [1.29, 1.82) is 0 Å². The molecule has 1 N–H and O–H groups in total. The smallest absolute Gasteiger partial charge is 0.154 e. The van der Waals surface area contributed by atoms with Gasteiger partial charge in [0.25, 0.3) is 0 Å². The second-order valence-electron chi connectivity index (χ2n) is 4.73. The van der Waals surface area contributed by atoms with Gasteiger partial charge in [0.15, 0.2) is 5.15 Å². The topological polar surface area (TPSA) is 29.9 Å². The van der Waals surface area contributed by atoms with E-state index in [1.54, 1.807) is 0 Å². The molecule has 0 amide bonds. The summed E-state index contributed by atoms with van der Waals surface area (Å²) >= 11 is 6.11. The van der Waals surface area contributed by atoms with Crippen molar-refractivity contribution in [3.8, 4) is 0 Å². The van der Waals surface area contributed by atoms with Crippen molar-refractivity contribution in [3.05, 3.63) is 16.4 Å². The minimum Gasteiger partial charge on any atom is -0.311 e. The molecule has 1 aliphatic rings. The molecular weight excluding hydrogens is 198 g/mol. The van der Waals surface area contributed by atoms with Crippen LogP contribution in [-0.4, -0.2) is 16.3 Å². The zero-order valence-electron chi connectivity index (χ0n) is 8.89. The maximum Gasteiger partial charge on any atom is 0.154 e. The van der Waals surface area contributed by atoms with Crippen molar-refractivity contribution in [2.24, 2.45) is 0 Å². The summed E-state index contributed by atoms with van der Waals surface area (Å²) in [4.78, 5) is 0. The number of aromatic nitrogens is 2. The fourth-order valence-corrected chi connectivity index (χ4v) is 2.14. The summed E-state index contributed by atoms with van der Waals surface area (Å²) < 4.78 is 2.04. The van der Waals surface area contributed by atoms with Crippen molar-refractivity contribution in [2.45, 2.75) is 39.3 Å². The lowest BCUT2D eigenvalue weighted by atomic mass is 10.1. The van der Waals surface area contributed by atoms with Gasteiger partial charge in [0.05, 0.1) is 11.2 Å². The summed E-state index contributed by atoms with van der Waals surface area (Å²) in [7, 11) is 0. The Labute approximate surface area is 89.4 Å². The Kier molecular flexibility index (Phi) is 2.32. The minimum atomic E-state index is 0.0102. The fraction of sp³-hybridized carbons (Fsp3) is 0.700. The maximum absolute atomic E-state index is 6.11. The normalized spacial score (nSPS) is 16.9. The van der Waals surface area contributed by atoms with Crippen LogP contribution in [-0.2, 0) is 18.5 Å². The number of fused-ring (bicyclic) bond motifs is 1. The number of nitrogens with zero attached hydrogens (tertiary/aromatic N) is 2. The van der Waals surface area contributed by atoms with Gasteiger partial charge in [0.2, 0.25) is 0 Å². The molecular formula is C10H16ClN3. The van der Waals surface area contributed by atoms with Gasteiger partial charge in [-0.15, -0.1) is 0 Å². The van der Waals surface area contributed by atoms with Gasteiger partial charge in [-0.05, 0) is 33.7 Å². The molecule has 4 heteroatoms. The SMILES string of the molecule is CC(C)(C)n1nc(Cl)c2c1CNCC2. The van der Waals surface area contributed by atoms with Crippen LogP contribution in [0.4, 0.5) is 0 Å². The summed E-state index contributed by atoms with van der Waals surface area (Å²) in [6.07, 6.45) is 0.990. The first-order valence-electron chi connectivity index (χ1n) is 4.97. The van der Waals surface area contributed by atoms with E-state index in [0.29, 0.717) is 5.15 Å². The predicted molar refractivity (Wildman–Crippen MR) is 57.6 cm³/mol. The van der Waals surface area contributed by atoms with E-state index in [0.717, 1.165) is 19.5 Å². The van der Waals surface area contributed by atoms with Crippen molar-refractivity contribution < 1.29 is 0 Å². The van der Waals surface area contributed by atoms with E-state index in [9.17, 15) is 0 Å². The number of halogens is 1. The van der Waals surface area contributed by atoms with Crippen LogP contribution in [0.1, 0.15) is 32.0 Å². The van der Waals surface area contributed by atoms with Crippen LogP contribution in [0.2, 0.25) is 5.15 Å². The van der Waals surface area contributed by atoms with Crippen LogP contribution in [0.15, 0.2) is 0 Å². The first-order valence-corrected chi connectivity index (χ1v) is 5.35. The zero-order valence-corrected chi connectivity index (χ0v) is 9.65. The van der Waals surface area contributed by atoms with E-state index in [1.165, 1.54) is 11.3 Å². The van der Waals surface area contributed by atoms with Crippen LogP contribution in [0, 0.1) is 0 Å². The summed E-state index contributed by atoms with van der Waals surface area (Å²) in [6, 6.07) is 0. The molecule has 0 unspecified atom stereocenters. The van der Waals surface area contributed by atoms with Crippen LogP contribution in [0.25, 0.3) is 0 Å². The van der Waals surface area contributed by atoms with Crippen molar-refractivity contribution >= 4 is 11.6 Å². The lowest BCUT2D eigenvalue weighted by Crippen LogP contribution is -2.31. The highest BCUT2D eigenvalue weighted by atomic mass is 35.5. The average Bonchev–Trinajstić information content (AvgIpc) is 2.44. The Bertz CT molecular complexity index is 349. The molecule has 0 aliphatic carbocycles. The zero-order chi connectivity index (χ0) is 10.3. The molecule has 0 atom stereocenters. The lowest BCUT2D eigenvalue weighted by Gasteiger charge is -2.24. The minimum absolute atomic E-state index is 0.0102. The Morgan fingerprint density at radius 1 is 1.43 bits per heavy atom. The summed E-state index contributed by atoms with van der Waals surface area (Å²) in [5, 5.41) is 8.43. The van der Waals surface area contributed by atoms with Gasteiger partial charge in [-0.3, -0.25) is 4.68 Å². The molecule has 1 aromatic heterocycles. The molecule has 1 aliphatic heterocycles. The molecule has 0 saturated heterocycles. The molecule has 0 fully saturated rings. The summed E-state index contributed by atoms with van der Waals surface area (Å²) in [5.41, 5.74) is 2.48. The highest BCUT2D eigenvalue weighted by Crippen LogP contribution is 2.27. The fourth-order valence-electron chi connectivity index (χ4n) is 1.86. The van der Waals surface area contributed by atoms with E-state index in [-0.39, 0.29) is 5.54 Å². The Morgan fingerprint density at radius 2 is 2.14 bits per heavy atom. The van der Waals surface area contributed by atoms with Gasteiger partial charge in [-0.2, -0.15) is 5.10 Å². The summed E-state index contributed by atoms with van der Waals surface area (Å²) in [5.74, 6) is 0. The lowest BCUT2D eigenvalue weighted by molar-refractivity contribution is 0.337. The molecule has 1 aromatic rings. The van der Waals surface area contributed by atoms with Gasteiger partial charge in [0, 0.05) is 12.1 Å². The highest BCUT2D eigenvalue weighted by molar-refractivity contribution is 6.30. The van der Waals surface area contributed by atoms with E-state index < -0.39 is 0 Å². The van der Waals surface area contributed by atoms with E-state index in [1.807, 2.05) is 4.68 Å². The van der Waals surface area contributed by atoms with Gasteiger partial charge >= 0.3 is 0 Å². The second kappa shape index (κ2) is 3.24. The molecule has 3 nitrogen and oxygen atoms in total. The molecule has 2 heterocycles. The number of hydrogen-bond donors (Lipinski definition) is 1. The third-order valence-electron chi connectivity index (χ3n) is 2.52. The average molecular weight is 214 g/mol. The van der Waals surface area contributed by atoms with Gasteiger partial charge in [-0.1, -0.05) is 11.6 Å². The molecule has 2 rings (SSSR count). The molecule has 0 saturated carbocycles. The second-order valence-corrected chi connectivity index (χ2v) is 5.08. The maximum atomic E-state index is 6.11. The predicted octanol–water partition coefficient (Wildman–Crippen LogP) is 1.94.